The van der Waals surface area contributed by atoms with Crippen LogP contribution < -0.4 is 4.74 Å². The molecule has 0 spiro atoms. The number of hydrogen-bond donors (Lipinski definition) is 1. The van der Waals surface area contributed by atoms with Crippen LogP contribution in [0.4, 0.5) is 13.2 Å². The molecule has 0 unspecified atom stereocenters. The minimum Gasteiger partial charge on any atom is -0.406 e. The first kappa shape index (κ1) is 12.6. The van der Waals surface area contributed by atoms with Crippen LogP contribution in [0.3, 0.4) is 0 Å². The van der Waals surface area contributed by atoms with Crippen LogP contribution in [-0.4, -0.2) is 11.3 Å². The molecule has 3 rings (SSSR count). The Morgan fingerprint density at radius 3 is 2.45 bits per heavy atom. The van der Waals surface area contributed by atoms with Gasteiger partial charge in [0.05, 0.1) is 0 Å². The van der Waals surface area contributed by atoms with Gasteiger partial charge in [0.25, 0.3) is 0 Å². The molecular formula is C15H10F3NO. The Bertz CT molecular complexity index is 713. The zero-order valence-corrected chi connectivity index (χ0v) is 10.2. The van der Waals surface area contributed by atoms with Gasteiger partial charge in [0.15, 0.2) is 0 Å². The lowest BCUT2D eigenvalue weighted by atomic mass is 10.1. The lowest BCUT2D eigenvalue weighted by molar-refractivity contribution is -0.274. The van der Waals surface area contributed by atoms with Crippen molar-refractivity contribution in [2.75, 3.05) is 0 Å². The Morgan fingerprint density at radius 1 is 0.900 bits per heavy atom. The van der Waals surface area contributed by atoms with E-state index in [9.17, 15) is 13.2 Å². The number of rotatable bonds is 2. The minimum absolute atomic E-state index is 0.228. The fraction of sp³-hybridized carbons (Fsp3) is 0.0667. The van der Waals surface area contributed by atoms with E-state index in [1.165, 1.54) is 18.2 Å². The summed E-state index contributed by atoms with van der Waals surface area (Å²) in [5.74, 6) is -0.228. The monoisotopic (exact) mass is 277 g/mol. The second kappa shape index (κ2) is 4.59. The summed E-state index contributed by atoms with van der Waals surface area (Å²) in [6, 6.07) is 15.4. The van der Waals surface area contributed by atoms with Crippen LogP contribution >= 0.6 is 0 Å². The Labute approximate surface area is 112 Å². The van der Waals surface area contributed by atoms with Gasteiger partial charge in [-0.1, -0.05) is 30.3 Å². The van der Waals surface area contributed by atoms with E-state index in [1.54, 1.807) is 6.07 Å². The number of H-pyrrole nitrogens is 1. The lowest BCUT2D eigenvalue weighted by Gasteiger charge is -2.09. The summed E-state index contributed by atoms with van der Waals surface area (Å²) < 4.78 is 40.6. The maximum absolute atomic E-state index is 12.2. The van der Waals surface area contributed by atoms with E-state index in [0.29, 0.717) is 5.56 Å². The summed E-state index contributed by atoms with van der Waals surface area (Å²) in [6.45, 7) is 0. The molecule has 0 aliphatic carbocycles. The SMILES string of the molecule is FC(F)(F)Oc1cccc(-c2cc3ccccc3[nH]2)c1. The maximum Gasteiger partial charge on any atom is 0.573 e. The molecule has 2 nitrogen and oxygen atoms in total. The van der Waals surface area contributed by atoms with Gasteiger partial charge >= 0.3 is 6.36 Å². The number of aromatic amines is 1. The third-order valence-electron chi connectivity index (χ3n) is 2.91. The normalized spacial score (nSPS) is 11.8. The molecule has 0 radical (unpaired) electrons. The number of para-hydroxylation sites is 1. The number of ether oxygens (including phenoxy) is 1. The molecule has 0 saturated carbocycles. The molecule has 0 bridgehead atoms. The Hall–Kier alpha value is -2.43. The molecule has 0 aliphatic rings. The van der Waals surface area contributed by atoms with Crippen molar-refractivity contribution in [1.29, 1.82) is 0 Å². The molecule has 1 aromatic heterocycles. The van der Waals surface area contributed by atoms with E-state index >= 15 is 0 Å². The van der Waals surface area contributed by atoms with Crippen molar-refractivity contribution in [1.82, 2.24) is 4.98 Å². The van der Waals surface area contributed by atoms with Gasteiger partial charge in [-0.15, -0.1) is 13.2 Å². The second-order valence-electron chi connectivity index (χ2n) is 4.35. The molecule has 102 valence electrons. The first-order valence-electron chi connectivity index (χ1n) is 5.95. The molecule has 0 atom stereocenters. The summed E-state index contributed by atoms with van der Waals surface area (Å²) in [6.07, 6.45) is -4.68. The van der Waals surface area contributed by atoms with Gasteiger partial charge in [-0.05, 0) is 24.3 Å². The van der Waals surface area contributed by atoms with Crippen molar-refractivity contribution in [2.45, 2.75) is 6.36 Å². The van der Waals surface area contributed by atoms with Gasteiger partial charge in [0.2, 0.25) is 0 Å². The molecule has 3 aromatic rings. The van der Waals surface area contributed by atoms with Gasteiger partial charge in [-0.2, -0.15) is 0 Å². The van der Waals surface area contributed by atoms with Crippen LogP contribution in [0.15, 0.2) is 54.6 Å². The van der Waals surface area contributed by atoms with Crippen molar-refractivity contribution in [3.05, 3.63) is 54.6 Å². The van der Waals surface area contributed by atoms with E-state index in [2.05, 4.69) is 9.72 Å². The Morgan fingerprint density at radius 2 is 1.70 bits per heavy atom. The Balaban J connectivity index is 1.99. The molecule has 2 aromatic carbocycles. The van der Waals surface area contributed by atoms with Crippen LogP contribution in [-0.2, 0) is 0 Å². The van der Waals surface area contributed by atoms with Crippen LogP contribution in [0.25, 0.3) is 22.2 Å². The zero-order valence-electron chi connectivity index (χ0n) is 10.2. The fourth-order valence-corrected chi connectivity index (χ4v) is 2.09. The number of aromatic nitrogens is 1. The number of benzene rings is 2. The fourth-order valence-electron chi connectivity index (χ4n) is 2.09. The van der Waals surface area contributed by atoms with E-state index in [0.717, 1.165) is 16.6 Å². The molecule has 0 amide bonds. The molecule has 20 heavy (non-hydrogen) atoms. The zero-order chi connectivity index (χ0) is 14.2. The number of fused-ring (bicyclic) bond motifs is 1. The number of hydrogen-bond acceptors (Lipinski definition) is 1. The molecule has 0 fully saturated rings. The maximum atomic E-state index is 12.2. The van der Waals surface area contributed by atoms with Crippen molar-refractivity contribution in [3.8, 4) is 17.0 Å². The molecule has 5 heteroatoms. The van der Waals surface area contributed by atoms with Gasteiger partial charge in [0, 0.05) is 22.2 Å². The summed E-state index contributed by atoms with van der Waals surface area (Å²) in [5, 5.41) is 1.00. The number of halogens is 3. The number of nitrogens with one attached hydrogen (secondary N) is 1. The van der Waals surface area contributed by atoms with E-state index in [1.807, 2.05) is 30.3 Å². The second-order valence-corrected chi connectivity index (χ2v) is 4.35. The summed E-state index contributed by atoms with van der Waals surface area (Å²) >= 11 is 0. The highest BCUT2D eigenvalue weighted by atomic mass is 19.4. The van der Waals surface area contributed by atoms with Crippen LogP contribution in [0, 0.1) is 0 Å². The van der Waals surface area contributed by atoms with E-state index in [-0.39, 0.29) is 5.75 Å². The summed E-state index contributed by atoms with van der Waals surface area (Å²) in [5.41, 5.74) is 2.33. The molecule has 0 aliphatic heterocycles. The van der Waals surface area contributed by atoms with Gasteiger partial charge in [0.1, 0.15) is 5.75 Å². The first-order chi connectivity index (χ1) is 9.51. The largest absolute Gasteiger partial charge is 0.573 e. The molecule has 1 N–H and O–H groups in total. The van der Waals surface area contributed by atoms with Crippen LogP contribution in [0.5, 0.6) is 5.75 Å². The highest BCUT2D eigenvalue weighted by Crippen LogP contribution is 2.29. The minimum atomic E-state index is -4.68. The molecule has 1 heterocycles. The predicted octanol–water partition coefficient (Wildman–Crippen LogP) is 4.73. The van der Waals surface area contributed by atoms with Gasteiger partial charge < -0.3 is 9.72 Å². The lowest BCUT2D eigenvalue weighted by Crippen LogP contribution is -2.17. The topological polar surface area (TPSA) is 25.0 Å². The standard InChI is InChI=1S/C15H10F3NO/c16-15(17,18)20-12-6-3-5-10(8-12)14-9-11-4-1-2-7-13(11)19-14/h1-9,19H. The number of alkyl halides is 3. The van der Waals surface area contributed by atoms with Crippen LogP contribution in [0.2, 0.25) is 0 Å². The van der Waals surface area contributed by atoms with E-state index < -0.39 is 6.36 Å². The highest BCUT2D eigenvalue weighted by Gasteiger charge is 2.31. The van der Waals surface area contributed by atoms with Crippen LogP contribution in [0.1, 0.15) is 0 Å². The van der Waals surface area contributed by atoms with E-state index in [4.69, 9.17) is 0 Å². The summed E-state index contributed by atoms with van der Waals surface area (Å²) in [4.78, 5) is 3.17. The molecule has 0 saturated heterocycles. The predicted molar refractivity (Wildman–Crippen MR) is 70.4 cm³/mol. The van der Waals surface area contributed by atoms with Gasteiger partial charge in [-0.25, -0.2) is 0 Å². The third-order valence-corrected chi connectivity index (χ3v) is 2.91. The van der Waals surface area contributed by atoms with Gasteiger partial charge in [-0.3, -0.25) is 0 Å². The third kappa shape index (κ3) is 2.61. The first-order valence-corrected chi connectivity index (χ1v) is 5.95. The summed E-state index contributed by atoms with van der Waals surface area (Å²) in [7, 11) is 0. The average Bonchev–Trinajstić information content (AvgIpc) is 2.80. The smallest absolute Gasteiger partial charge is 0.406 e. The average molecular weight is 277 g/mol. The van der Waals surface area contributed by atoms with Crippen molar-refractivity contribution < 1.29 is 17.9 Å². The van der Waals surface area contributed by atoms with Crippen molar-refractivity contribution >= 4 is 10.9 Å². The van der Waals surface area contributed by atoms with Crippen molar-refractivity contribution in [2.24, 2.45) is 0 Å². The Kier molecular flexibility index (Phi) is 2.89. The quantitative estimate of drug-likeness (QED) is 0.719. The highest BCUT2D eigenvalue weighted by molar-refractivity contribution is 5.85. The van der Waals surface area contributed by atoms with Crippen molar-refractivity contribution in [3.63, 3.8) is 0 Å². The molecular weight excluding hydrogens is 267 g/mol.